The predicted molar refractivity (Wildman–Crippen MR) is 137 cm³/mol. The number of likely N-dealkylation sites (N-methyl/N-ethyl adjacent to an activating group) is 1. The van der Waals surface area contributed by atoms with Gasteiger partial charge in [0.1, 0.15) is 17.5 Å². The van der Waals surface area contributed by atoms with E-state index in [1.165, 1.54) is 5.56 Å². The summed E-state index contributed by atoms with van der Waals surface area (Å²) in [4.78, 5) is 23.0. The highest BCUT2D eigenvalue weighted by Crippen LogP contribution is 2.20. The number of nitriles is 1. The van der Waals surface area contributed by atoms with E-state index in [4.69, 9.17) is 21.6 Å². The number of rotatable bonds is 7. The van der Waals surface area contributed by atoms with Crippen LogP contribution in [0.5, 0.6) is 0 Å². The fraction of sp³-hybridized carbons (Fsp3) is 0.435. The number of nitrogens with one attached hydrogen (secondary N) is 2. The number of anilines is 1. The Bertz CT molecular complexity index is 1090. The number of aryl methyl sites for hydroxylation is 1. The largest absolute Gasteiger partial charge is 0.314 e. The lowest BCUT2D eigenvalue weighted by Gasteiger charge is -2.36. The van der Waals surface area contributed by atoms with Gasteiger partial charge in [0.25, 0.3) is 0 Å². The second kappa shape index (κ2) is 11.6. The molecule has 34 heavy (non-hydrogen) atoms. The Hall–Kier alpha value is -2.71. The van der Waals surface area contributed by atoms with E-state index in [0.29, 0.717) is 22.5 Å². The van der Waals surface area contributed by atoms with Gasteiger partial charge < -0.3 is 15.5 Å². The number of aliphatic imine (C=N–C) groups is 2. The number of hydrogen-bond donors (Lipinski definition) is 2. The van der Waals surface area contributed by atoms with E-state index >= 15 is 0 Å². The standard InChI is InChI=1S/C23H28ClN9S/c1-3-19-27-21(31-22(28-19)33-11-9-32(2)10-12-33)29-20-17(14-25)15-26-23(30-20)34-13-8-16-4-6-18(24)7-5-16/h4-7,15,22H,3,8-13H2,1-2H3,(H2,26,27,28,29,30,31). The average Bonchev–Trinajstić information content (AvgIpc) is 2.85. The van der Waals surface area contributed by atoms with Crippen molar-refractivity contribution < 1.29 is 0 Å². The van der Waals surface area contributed by atoms with Gasteiger partial charge in [-0.05, 0) is 31.2 Å². The Kier molecular flexibility index (Phi) is 8.34. The zero-order valence-corrected chi connectivity index (χ0v) is 20.9. The molecule has 178 valence electrons. The van der Waals surface area contributed by atoms with Crippen LogP contribution in [0.1, 0.15) is 24.5 Å². The molecule has 1 unspecified atom stereocenters. The third kappa shape index (κ3) is 6.45. The first kappa shape index (κ1) is 24.4. The first-order valence-electron chi connectivity index (χ1n) is 11.3. The minimum absolute atomic E-state index is 0.284. The maximum absolute atomic E-state index is 9.58. The highest BCUT2D eigenvalue weighted by Gasteiger charge is 2.25. The van der Waals surface area contributed by atoms with E-state index < -0.39 is 0 Å². The molecule has 2 N–H and O–H groups in total. The van der Waals surface area contributed by atoms with Crippen molar-refractivity contribution >= 4 is 41.0 Å². The maximum Gasteiger partial charge on any atom is 0.205 e. The molecule has 0 radical (unpaired) electrons. The van der Waals surface area contributed by atoms with Crippen molar-refractivity contribution in [2.75, 3.05) is 44.3 Å². The topological polar surface area (TPSA) is 105 Å². The molecular weight excluding hydrogens is 470 g/mol. The zero-order chi connectivity index (χ0) is 23.9. The lowest BCUT2D eigenvalue weighted by molar-refractivity contribution is 0.117. The van der Waals surface area contributed by atoms with Crippen LogP contribution in [-0.4, -0.2) is 76.8 Å². The summed E-state index contributed by atoms with van der Waals surface area (Å²) in [7, 11) is 2.13. The van der Waals surface area contributed by atoms with Gasteiger partial charge >= 0.3 is 0 Å². The molecule has 0 spiro atoms. The van der Waals surface area contributed by atoms with Gasteiger partial charge in [-0.1, -0.05) is 42.4 Å². The first-order valence-corrected chi connectivity index (χ1v) is 12.7. The van der Waals surface area contributed by atoms with Crippen molar-refractivity contribution in [1.29, 1.82) is 5.26 Å². The number of piperazine rings is 1. The fourth-order valence-electron chi connectivity index (χ4n) is 3.58. The van der Waals surface area contributed by atoms with Crippen molar-refractivity contribution in [3.63, 3.8) is 0 Å². The number of amidine groups is 1. The minimum atomic E-state index is -0.284. The number of hydrogen-bond acceptors (Lipinski definition) is 10. The summed E-state index contributed by atoms with van der Waals surface area (Å²) >= 11 is 7.50. The van der Waals surface area contributed by atoms with Crippen molar-refractivity contribution in [3.8, 4) is 6.07 Å². The zero-order valence-electron chi connectivity index (χ0n) is 19.3. The van der Waals surface area contributed by atoms with Gasteiger partial charge in [0.05, 0.1) is 6.20 Å². The lowest BCUT2D eigenvalue weighted by atomic mass is 10.2. The van der Waals surface area contributed by atoms with Crippen LogP contribution < -0.4 is 10.6 Å². The van der Waals surface area contributed by atoms with Gasteiger partial charge in [-0.25, -0.2) is 20.0 Å². The van der Waals surface area contributed by atoms with E-state index in [-0.39, 0.29) is 6.29 Å². The maximum atomic E-state index is 9.58. The molecule has 9 nitrogen and oxygen atoms in total. The number of thioether (sulfide) groups is 1. The predicted octanol–water partition coefficient (Wildman–Crippen LogP) is 3.05. The summed E-state index contributed by atoms with van der Waals surface area (Å²) in [6.45, 7) is 5.84. The van der Waals surface area contributed by atoms with Gasteiger partial charge in [-0.15, -0.1) is 0 Å². The molecule has 4 rings (SSSR count). The van der Waals surface area contributed by atoms with Crippen molar-refractivity contribution in [2.45, 2.75) is 31.2 Å². The molecule has 0 saturated carbocycles. The molecule has 0 amide bonds. The average molecular weight is 498 g/mol. The fourth-order valence-corrected chi connectivity index (χ4v) is 4.51. The Morgan fingerprint density at radius 3 is 2.68 bits per heavy atom. The Labute approximate surface area is 209 Å². The van der Waals surface area contributed by atoms with Crippen LogP contribution in [0.25, 0.3) is 0 Å². The van der Waals surface area contributed by atoms with E-state index in [2.05, 4.69) is 50.4 Å². The van der Waals surface area contributed by atoms with Gasteiger partial charge in [0.2, 0.25) is 12.2 Å². The van der Waals surface area contributed by atoms with E-state index in [0.717, 1.165) is 55.6 Å². The molecule has 0 aliphatic carbocycles. The van der Waals surface area contributed by atoms with Crippen LogP contribution in [-0.2, 0) is 6.42 Å². The molecule has 2 aromatic rings. The highest BCUT2D eigenvalue weighted by atomic mass is 35.5. The first-order chi connectivity index (χ1) is 16.5. The monoisotopic (exact) mass is 497 g/mol. The molecule has 0 bridgehead atoms. The van der Waals surface area contributed by atoms with Crippen LogP contribution in [0.3, 0.4) is 0 Å². The van der Waals surface area contributed by atoms with E-state index in [1.807, 2.05) is 24.3 Å². The van der Waals surface area contributed by atoms with Gasteiger partial charge in [0.15, 0.2) is 11.0 Å². The Balaban J connectivity index is 1.44. The Morgan fingerprint density at radius 2 is 1.97 bits per heavy atom. The van der Waals surface area contributed by atoms with Crippen LogP contribution >= 0.6 is 23.4 Å². The minimum Gasteiger partial charge on any atom is -0.314 e. The molecule has 2 aliphatic heterocycles. The van der Waals surface area contributed by atoms with Crippen LogP contribution in [0.15, 0.2) is 45.6 Å². The van der Waals surface area contributed by atoms with Crippen LogP contribution in [0.2, 0.25) is 5.02 Å². The molecule has 1 aromatic carbocycles. The summed E-state index contributed by atoms with van der Waals surface area (Å²) in [5, 5.41) is 17.4. The molecule has 1 atom stereocenters. The van der Waals surface area contributed by atoms with E-state index in [9.17, 15) is 5.26 Å². The molecule has 1 fully saturated rings. The number of nitrogens with zero attached hydrogens (tertiary/aromatic N) is 7. The lowest BCUT2D eigenvalue weighted by Crippen LogP contribution is -2.51. The van der Waals surface area contributed by atoms with Crippen LogP contribution in [0.4, 0.5) is 5.82 Å². The van der Waals surface area contributed by atoms with Crippen LogP contribution in [0, 0.1) is 11.3 Å². The number of aromatic nitrogens is 2. The number of guanidine groups is 1. The Morgan fingerprint density at radius 1 is 1.21 bits per heavy atom. The second-order valence-corrected chi connectivity index (χ2v) is 9.59. The molecule has 1 aromatic heterocycles. The number of halogens is 1. The molecule has 3 heterocycles. The SMILES string of the molecule is CCC1=NC(N2CCN(C)CC2)N=C(Nc2nc(SCCc3ccc(Cl)cc3)ncc2C#N)N1. The third-order valence-corrected chi connectivity index (χ3v) is 6.75. The van der Waals surface area contributed by atoms with Gasteiger partial charge in [-0.2, -0.15) is 5.26 Å². The smallest absolute Gasteiger partial charge is 0.205 e. The quantitative estimate of drug-likeness (QED) is 0.444. The summed E-state index contributed by atoms with van der Waals surface area (Å²) in [5.41, 5.74) is 1.56. The highest BCUT2D eigenvalue weighted by molar-refractivity contribution is 7.99. The van der Waals surface area contributed by atoms with Crippen molar-refractivity contribution in [3.05, 3.63) is 46.6 Å². The van der Waals surface area contributed by atoms with E-state index in [1.54, 1.807) is 18.0 Å². The normalized spacial score (nSPS) is 19.1. The summed E-state index contributed by atoms with van der Waals surface area (Å²) in [5.74, 6) is 2.64. The summed E-state index contributed by atoms with van der Waals surface area (Å²) < 4.78 is 0. The summed E-state index contributed by atoms with van der Waals surface area (Å²) in [6, 6.07) is 9.99. The second-order valence-electron chi connectivity index (χ2n) is 8.09. The molecule has 2 aliphatic rings. The van der Waals surface area contributed by atoms with Crippen molar-refractivity contribution in [1.82, 2.24) is 25.1 Å². The molecule has 1 saturated heterocycles. The summed E-state index contributed by atoms with van der Waals surface area (Å²) in [6.07, 6.45) is 2.89. The van der Waals surface area contributed by atoms with Gasteiger partial charge in [0, 0.05) is 43.4 Å². The van der Waals surface area contributed by atoms with Gasteiger partial charge in [-0.3, -0.25) is 4.90 Å². The third-order valence-electron chi connectivity index (χ3n) is 5.64. The number of benzene rings is 1. The molecule has 11 heteroatoms. The van der Waals surface area contributed by atoms with Crippen molar-refractivity contribution in [2.24, 2.45) is 9.98 Å². The molecular formula is C23H28ClN9S.